The van der Waals surface area contributed by atoms with Crippen molar-refractivity contribution in [2.75, 3.05) is 13.2 Å². The van der Waals surface area contributed by atoms with Crippen molar-refractivity contribution in [3.63, 3.8) is 0 Å². The molecule has 0 saturated carbocycles. The summed E-state index contributed by atoms with van der Waals surface area (Å²) in [7, 11) is 0. The van der Waals surface area contributed by atoms with Gasteiger partial charge >= 0.3 is 6.03 Å². The van der Waals surface area contributed by atoms with Gasteiger partial charge in [0.15, 0.2) is 17.3 Å². The van der Waals surface area contributed by atoms with Gasteiger partial charge in [-0.05, 0) is 31.9 Å². The molecule has 3 aromatic rings. The van der Waals surface area contributed by atoms with E-state index in [2.05, 4.69) is 31.0 Å². The van der Waals surface area contributed by atoms with Crippen LogP contribution < -0.4 is 10.6 Å². The summed E-state index contributed by atoms with van der Waals surface area (Å²) < 4.78 is 12.5. The SMILES string of the molecule is Cc1noc(-c2cccn3c(CNC(=O)NC[C@H]4CCCO4)nnc23)n1. The number of nitrogens with one attached hydrogen (secondary N) is 2. The molecule has 2 N–H and O–H groups in total. The highest BCUT2D eigenvalue weighted by Crippen LogP contribution is 2.22. The lowest BCUT2D eigenvalue weighted by molar-refractivity contribution is 0.111. The molecule has 4 rings (SSSR count). The maximum Gasteiger partial charge on any atom is 0.315 e. The van der Waals surface area contributed by atoms with Gasteiger partial charge in [-0.1, -0.05) is 5.16 Å². The molecular formula is C16H19N7O3. The van der Waals surface area contributed by atoms with E-state index in [1.54, 1.807) is 11.3 Å². The molecule has 1 aliphatic heterocycles. The number of urea groups is 1. The van der Waals surface area contributed by atoms with Crippen molar-refractivity contribution < 1.29 is 14.1 Å². The zero-order valence-electron chi connectivity index (χ0n) is 14.3. The number of hydrogen-bond acceptors (Lipinski definition) is 7. The lowest BCUT2D eigenvalue weighted by Gasteiger charge is -2.11. The van der Waals surface area contributed by atoms with Crippen LogP contribution in [0.4, 0.5) is 4.79 Å². The Morgan fingerprint density at radius 1 is 1.38 bits per heavy atom. The molecule has 0 unspecified atom stereocenters. The van der Waals surface area contributed by atoms with Crippen LogP contribution in [-0.4, -0.2) is 50.0 Å². The van der Waals surface area contributed by atoms with Gasteiger partial charge in [0, 0.05) is 19.3 Å². The molecule has 3 aromatic heterocycles. The quantitative estimate of drug-likeness (QED) is 0.701. The van der Waals surface area contributed by atoms with Crippen LogP contribution in [0, 0.1) is 6.92 Å². The van der Waals surface area contributed by atoms with E-state index in [9.17, 15) is 4.79 Å². The summed E-state index contributed by atoms with van der Waals surface area (Å²) in [6.07, 6.45) is 3.95. The summed E-state index contributed by atoms with van der Waals surface area (Å²) >= 11 is 0. The highest BCUT2D eigenvalue weighted by atomic mass is 16.5. The molecule has 10 heteroatoms. The summed E-state index contributed by atoms with van der Waals surface area (Å²) in [6, 6.07) is 3.41. The van der Waals surface area contributed by atoms with Crippen molar-refractivity contribution in [1.29, 1.82) is 0 Å². The van der Waals surface area contributed by atoms with E-state index in [0.717, 1.165) is 19.4 Å². The second-order valence-electron chi connectivity index (χ2n) is 6.08. The second-order valence-corrected chi connectivity index (χ2v) is 6.08. The number of amides is 2. The highest BCUT2D eigenvalue weighted by molar-refractivity contribution is 5.74. The Morgan fingerprint density at radius 2 is 2.31 bits per heavy atom. The molecule has 0 aromatic carbocycles. The first-order valence-corrected chi connectivity index (χ1v) is 8.47. The van der Waals surface area contributed by atoms with Crippen molar-refractivity contribution in [3.05, 3.63) is 30.0 Å². The summed E-state index contributed by atoms with van der Waals surface area (Å²) in [6.45, 7) is 3.26. The molecular weight excluding hydrogens is 338 g/mol. The molecule has 0 bridgehead atoms. The fourth-order valence-corrected chi connectivity index (χ4v) is 2.89. The maximum atomic E-state index is 12.0. The molecule has 1 aliphatic rings. The molecule has 0 aliphatic carbocycles. The Balaban J connectivity index is 1.43. The van der Waals surface area contributed by atoms with Crippen LogP contribution in [0.1, 0.15) is 24.5 Å². The van der Waals surface area contributed by atoms with E-state index in [4.69, 9.17) is 9.26 Å². The second kappa shape index (κ2) is 7.08. The van der Waals surface area contributed by atoms with Crippen LogP contribution in [0.5, 0.6) is 0 Å². The Bertz CT molecular complexity index is 914. The molecule has 1 saturated heterocycles. The number of aryl methyl sites for hydroxylation is 1. The molecule has 10 nitrogen and oxygen atoms in total. The summed E-state index contributed by atoms with van der Waals surface area (Å²) in [5.74, 6) is 1.53. The fourth-order valence-electron chi connectivity index (χ4n) is 2.89. The monoisotopic (exact) mass is 357 g/mol. The first kappa shape index (κ1) is 16.5. The number of fused-ring (bicyclic) bond motifs is 1. The van der Waals surface area contributed by atoms with Crippen LogP contribution >= 0.6 is 0 Å². The molecule has 4 heterocycles. The standard InChI is InChI=1S/C16H19N7O3/c1-10-19-15(26-22-10)12-5-2-6-23-13(20-21-14(12)23)9-18-16(24)17-8-11-4-3-7-25-11/h2,5-6,11H,3-4,7-9H2,1H3,(H2,17,18,24)/t11-/m1/s1. The lowest BCUT2D eigenvalue weighted by Crippen LogP contribution is -2.39. The molecule has 1 fully saturated rings. The minimum absolute atomic E-state index is 0.107. The van der Waals surface area contributed by atoms with E-state index >= 15 is 0 Å². The van der Waals surface area contributed by atoms with Gasteiger partial charge in [-0.25, -0.2) is 4.79 Å². The molecule has 26 heavy (non-hydrogen) atoms. The Labute approximate surface area is 148 Å². The Hall–Kier alpha value is -3.01. The van der Waals surface area contributed by atoms with Gasteiger partial charge in [0.2, 0.25) is 0 Å². The predicted octanol–water partition coefficient (Wildman–Crippen LogP) is 1.07. The molecule has 136 valence electrons. The topological polar surface area (TPSA) is 119 Å². The van der Waals surface area contributed by atoms with Crippen molar-refractivity contribution in [2.45, 2.75) is 32.4 Å². The number of nitrogens with zero attached hydrogens (tertiary/aromatic N) is 5. The third kappa shape index (κ3) is 3.36. The first-order chi connectivity index (χ1) is 12.7. The molecule has 0 radical (unpaired) electrons. The number of aromatic nitrogens is 5. The van der Waals surface area contributed by atoms with Crippen molar-refractivity contribution in [2.24, 2.45) is 0 Å². The van der Waals surface area contributed by atoms with Crippen molar-refractivity contribution >= 4 is 11.7 Å². The van der Waals surface area contributed by atoms with Gasteiger partial charge in [-0.2, -0.15) is 4.98 Å². The summed E-state index contributed by atoms with van der Waals surface area (Å²) in [4.78, 5) is 16.2. The van der Waals surface area contributed by atoms with Crippen molar-refractivity contribution in [1.82, 2.24) is 35.4 Å². The minimum Gasteiger partial charge on any atom is -0.376 e. The van der Waals surface area contributed by atoms with E-state index in [1.807, 2.05) is 18.3 Å². The lowest BCUT2D eigenvalue weighted by atomic mass is 10.2. The number of rotatable bonds is 5. The van der Waals surface area contributed by atoms with Crippen LogP contribution in [0.3, 0.4) is 0 Å². The fraction of sp³-hybridized carbons (Fsp3) is 0.438. The first-order valence-electron chi connectivity index (χ1n) is 8.47. The third-order valence-corrected chi connectivity index (χ3v) is 4.18. The molecule has 2 amide bonds. The van der Waals surface area contributed by atoms with E-state index in [-0.39, 0.29) is 18.7 Å². The van der Waals surface area contributed by atoms with E-state index < -0.39 is 0 Å². The molecule has 1 atom stereocenters. The van der Waals surface area contributed by atoms with E-state index in [1.165, 1.54) is 0 Å². The third-order valence-electron chi connectivity index (χ3n) is 4.18. The summed E-state index contributed by atoms with van der Waals surface area (Å²) in [5.41, 5.74) is 1.28. The highest BCUT2D eigenvalue weighted by Gasteiger charge is 2.17. The Kier molecular flexibility index (Phi) is 4.48. The predicted molar refractivity (Wildman–Crippen MR) is 90.2 cm³/mol. The van der Waals surface area contributed by atoms with Gasteiger partial charge in [-0.3, -0.25) is 4.40 Å². The van der Waals surface area contributed by atoms with Gasteiger partial charge in [-0.15, -0.1) is 10.2 Å². The average molecular weight is 357 g/mol. The smallest absolute Gasteiger partial charge is 0.315 e. The van der Waals surface area contributed by atoms with Crippen LogP contribution in [0.15, 0.2) is 22.9 Å². The minimum atomic E-state index is -0.263. The number of ether oxygens (including phenoxy) is 1. The molecule has 0 spiro atoms. The largest absolute Gasteiger partial charge is 0.376 e. The Morgan fingerprint density at radius 3 is 3.08 bits per heavy atom. The number of hydrogen-bond donors (Lipinski definition) is 2. The zero-order valence-corrected chi connectivity index (χ0v) is 14.3. The van der Waals surface area contributed by atoms with Gasteiger partial charge < -0.3 is 19.9 Å². The van der Waals surface area contributed by atoms with Gasteiger partial charge in [0.25, 0.3) is 5.89 Å². The zero-order chi connectivity index (χ0) is 17.9. The average Bonchev–Trinajstić information content (AvgIpc) is 3.38. The van der Waals surface area contributed by atoms with E-state index in [0.29, 0.717) is 35.3 Å². The number of carbonyl (C=O) groups is 1. The van der Waals surface area contributed by atoms with Crippen molar-refractivity contribution in [3.8, 4) is 11.5 Å². The van der Waals surface area contributed by atoms with Crippen LogP contribution in [0.2, 0.25) is 0 Å². The van der Waals surface area contributed by atoms with Crippen LogP contribution in [0.25, 0.3) is 17.1 Å². The van der Waals surface area contributed by atoms with Gasteiger partial charge in [0.05, 0.1) is 18.2 Å². The van der Waals surface area contributed by atoms with Gasteiger partial charge in [0.1, 0.15) is 0 Å². The normalized spacial score (nSPS) is 16.9. The number of pyridine rings is 1. The maximum absolute atomic E-state index is 12.0. The number of carbonyl (C=O) groups excluding carboxylic acids is 1. The van der Waals surface area contributed by atoms with Crippen LogP contribution in [-0.2, 0) is 11.3 Å². The summed E-state index contributed by atoms with van der Waals surface area (Å²) in [5, 5.41) is 17.7.